The van der Waals surface area contributed by atoms with E-state index >= 15 is 0 Å². The minimum atomic E-state index is -0.476. The Labute approximate surface area is 152 Å². The molecule has 0 aromatic heterocycles. The van der Waals surface area contributed by atoms with E-state index in [2.05, 4.69) is 12.2 Å². The van der Waals surface area contributed by atoms with Gasteiger partial charge in [-0.15, -0.1) is 0 Å². The highest BCUT2D eigenvalue weighted by Gasteiger charge is 2.34. The fraction of sp³-hybridized carbons (Fsp3) is 0.944. The summed E-state index contributed by atoms with van der Waals surface area (Å²) in [6, 6.07) is -0.259. The molecular formula is C18H40N2O5. The van der Waals surface area contributed by atoms with Crippen LogP contribution in [0.2, 0.25) is 0 Å². The van der Waals surface area contributed by atoms with Gasteiger partial charge in [0.1, 0.15) is 0 Å². The van der Waals surface area contributed by atoms with Crippen molar-refractivity contribution in [1.29, 1.82) is 0 Å². The van der Waals surface area contributed by atoms with Crippen molar-refractivity contribution < 1.29 is 24.9 Å². The van der Waals surface area contributed by atoms with E-state index in [0.29, 0.717) is 13.2 Å². The summed E-state index contributed by atoms with van der Waals surface area (Å²) in [6.07, 6.45) is 7.14. The van der Waals surface area contributed by atoms with E-state index in [-0.39, 0.29) is 29.4 Å². The first-order valence-electron chi connectivity index (χ1n) is 9.25. The van der Waals surface area contributed by atoms with Crippen LogP contribution in [-0.4, -0.2) is 61.6 Å². The monoisotopic (exact) mass is 364 g/mol. The Kier molecular flexibility index (Phi) is 17.7. The van der Waals surface area contributed by atoms with Crippen molar-refractivity contribution in [3.05, 3.63) is 0 Å². The highest BCUT2D eigenvalue weighted by atomic mass is 16.5. The number of rotatable bonds is 9. The van der Waals surface area contributed by atoms with Gasteiger partial charge in [0.15, 0.2) is 0 Å². The molecule has 1 rings (SSSR count). The second kappa shape index (κ2) is 16.7. The van der Waals surface area contributed by atoms with Gasteiger partial charge in [-0.3, -0.25) is 4.79 Å². The van der Waals surface area contributed by atoms with Crippen LogP contribution in [0, 0.1) is 5.92 Å². The molecule has 152 valence electrons. The van der Waals surface area contributed by atoms with Crippen LogP contribution in [0.4, 0.5) is 0 Å². The third kappa shape index (κ3) is 13.2. The number of ether oxygens (including phenoxy) is 2. The van der Waals surface area contributed by atoms with Gasteiger partial charge in [0.2, 0.25) is 5.91 Å². The lowest BCUT2D eigenvalue weighted by atomic mass is 9.91. The summed E-state index contributed by atoms with van der Waals surface area (Å²) < 4.78 is 11.3. The first-order chi connectivity index (χ1) is 11.4. The van der Waals surface area contributed by atoms with E-state index in [9.17, 15) is 9.90 Å². The highest BCUT2D eigenvalue weighted by molar-refractivity contribution is 5.72. The summed E-state index contributed by atoms with van der Waals surface area (Å²) in [5.74, 6) is 0.0540. The molecule has 7 heteroatoms. The van der Waals surface area contributed by atoms with Gasteiger partial charge >= 0.3 is 0 Å². The third-order valence-electron chi connectivity index (χ3n) is 4.34. The molecule has 0 radical (unpaired) electrons. The molecule has 0 aliphatic carbocycles. The van der Waals surface area contributed by atoms with Gasteiger partial charge in [-0.2, -0.15) is 0 Å². The van der Waals surface area contributed by atoms with Crippen LogP contribution < -0.4 is 11.1 Å². The van der Waals surface area contributed by atoms with Gasteiger partial charge in [0, 0.05) is 26.5 Å². The zero-order chi connectivity index (χ0) is 18.4. The van der Waals surface area contributed by atoms with Crippen molar-refractivity contribution in [3.63, 3.8) is 0 Å². The average Bonchev–Trinajstić information content (AvgIpc) is 2.57. The molecule has 4 atom stereocenters. The van der Waals surface area contributed by atoms with E-state index < -0.39 is 6.10 Å². The SMILES string of the molecule is CCCCCCCCOCC1OCC(N)[C@H](O)[C@@H]1C.CNC(C)=O.O. The molecule has 1 aliphatic rings. The maximum atomic E-state index is 9.88. The molecule has 0 aromatic rings. The molecule has 1 saturated heterocycles. The highest BCUT2D eigenvalue weighted by Crippen LogP contribution is 2.20. The second-order valence-electron chi connectivity index (χ2n) is 6.53. The quantitative estimate of drug-likeness (QED) is 0.527. The molecule has 6 N–H and O–H groups in total. The number of nitrogens with two attached hydrogens (primary N) is 1. The van der Waals surface area contributed by atoms with Gasteiger partial charge in [0.25, 0.3) is 0 Å². The molecule has 1 aliphatic heterocycles. The molecule has 1 heterocycles. The van der Waals surface area contributed by atoms with Crippen molar-refractivity contribution in [2.45, 2.75) is 77.5 Å². The Morgan fingerprint density at radius 3 is 2.40 bits per heavy atom. The molecule has 25 heavy (non-hydrogen) atoms. The molecule has 2 unspecified atom stereocenters. The maximum absolute atomic E-state index is 9.88. The lowest BCUT2D eigenvalue weighted by Gasteiger charge is -2.36. The van der Waals surface area contributed by atoms with E-state index in [1.54, 1.807) is 7.05 Å². The summed E-state index contributed by atoms with van der Waals surface area (Å²) in [4.78, 5) is 9.70. The lowest BCUT2D eigenvalue weighted by molar-refractivity contribution is -0.123. The van der Waals surface area contributed by atoms with E-state index in [1.807, 2.05) is 6.92 Å². The van der Waals surface area contributed by atoms with Crippen molar-refractivity contribution in [2.24, 2.45) is 11.7 Å². The normalized spacial score (nSPS) is 25.4. The average molecular weight is 365 g/mol. The number of amides is 1. The van der Waals surface area contributed by atoms with Gasteiger partial charge < -0.3 is 31.1 Å². The Balaban J connectivity index is 0. The zero-order valence-corrected chi connectivity index (χ0v) is 16.4. The van der Waals surface area contributed by atoms with Crippen LogP contribution in [0.15, 0.2) is 0 Å². The third-order valence-corrected chi connectivity index (χ3v) is 4.34. The molecule has 1 amide bonds. The lowest BCUT2D eigenvalue weighted by Crippen LogP contribution is -2.53. The number of carbonyl (C=O) groups excluding carboxylic acids is 1. The fourth-order valence-corrected chi connectivity index (χ4v) is 2.48. The summed E-state index contributed by atoms with van der Waals surface area (Å²) in [5.41, 5.74) is 5.75. The first-order valence-corrected chi connectivity index (χ1v) is 9.25. The van der Waals surface area contributed by atoms with Crippen LogP contribution in [0.1, 0.15) is 59.3 Å². The van der Waals surface area contributed by atoms with E-state index in [1.165, 1.54) is 39.0 Å². The van der Waals surface area contributed by atoms with Crippen molar-refractivity contribution in [1.82, 2.24) is 5.32 Å². The number of unbranched alkanes of at least 4 members (excludes halogenated alkanes) is 5. The summed E-state index contributed by atoms with van der Waals surface area (Å²) in [7, 11) is 1.60. The van der Waals surface area contributed by atoms with Gasteiger partial charge in [-0.05, 0) is 6.42 Å². The minimum Gasteiger partial charge on any atom is -0.412 e. The van der Waals surface area contributed by atoms with Crippen molar-refractivity contribution in [3.8, 4) is 0 Å². The Bertz CT molecular complexity index is 318. The second-order valence-corrected chi connectivity index (χ2v) is 6.53. The standard InChI is InChI=1S/C15H31NO3.C3H7NO.H2O/c1-3-4-5-6-7-8-9-18-11-14-12(2)15(17)13(16)10-19-14;1-3(5)4-2;/h12-15,17H,3-11,16H2,1-2H3;1-2H3,(H,4,5);1H2/t12-,13?,14?,15-;;/m1../s1. The minimum absolute atomic E-state index is 0. The van der Waals surface area contributed by atoms with Gasteiger partial charge in [0.05, 0.1) is 31.5 Å². The molecular weight excluding hydrogens is 324 g/mol. The topological polar surface area (TPSA) is 125 Å². The number of hydrogen-bond donors (Lipinski definition) is 3. The maximum Gasteiger partial charge on any atom is 0.216 e. The number of nitrogens with one attached hydrogen (secondary N) is 1. The van der Waals surface area contributed by atoms with E-state index in [0.717, 1.165) is 13.0 Å². The smallest absolute Gasteiger partial charge is 0.216 e. The van der Waals surface area contributed by atoms with Crippen molar-refractivity contribution in [2.75, 3.05) is 26.9 Å². The van der Waals surface area contributed by atoms with Crippen LogP contribution in [0.25, 0.3) is 0 Å². The van der Waals surface area contributed by atoms with Crippen LogP contribution in [-0.2, 0) is 14.3 Å². The molecule has 0 spiro atoms. The zero-order valence-electron chi connectivity index (χ0n) is 16.4. The number of hydrogen-bond acceptors (Lipinski definition) is 5. The molecule has 0 bridgehead atoms. The number of aliphatic hydroxyl groups is 1. The summed E-state index contributed by atoms with van der Waals surface area (Å²) in [5, 5.41) is 12.3. The Morgan fingerprint density at radius 1 is 1.28 bits per heavy atom. The predicted octanol–water partition coefficient (Wildman–Crippen LogP) is 1.01. The van der Waals surface area contributed by atoms with Gasteiger partial charge in [-0.25, -0.2) is 0 Å². The number of carbonyl (C=O) groups is 1. The van der Waals surface area contributed by atoms with E-state index in [4.69, 9.17) is 15.2 Å². The Morgan fingerprint density at radius 2 is 1.84 bits per heavy atom. The van der Waals surface area contributed by atoms with Gasteiger partial charge in [-0.1, -0.05) is 46.0 Å². The Hall–Kier alpha value is -0.730. The van der Waals surface area contributed by atoms with Crippen LogP contribution in [0.5, 0.6) is 0 Å². The molecule has 7 nitrogen and oxygen atoms in total. The summed E-state index contributed by atoms with van der Waals surface area (Å²) >= 11 is 0. The van der Waals surface area contributed by atoms with Crippen LogP contribution in [0.3, 0.4) is 0 Å². The predicted molar refractivity (Wildman–Crippen MR) is 100 cm³/mol. The largest absolute Gasteiger partial charge is 0.412 e. The fourth-order valence-electron chi connectivity index (χ4n) is 2.48. The number of aliphatic hydroxyl groups excluding tert-OH is 1. The molecule has 1 fully saturated rings. The van der Waals surface area contributed by atoms with Crippen molar-refractivity contribution >= 4 is 5.91 Å². The summed E-state index contributed by atoms with van der Waals surface area (Å²) in [6.45, 7) is 7.47. The molecule has 0 aromatic carbocycles. The molecule has 0 saturated carbocycles. The van der Waals surface area contributed by atoms with Crippen LogP contribution >= 0.6 is 0 Å². The first kappa shape index (κ1) is 26.5.